The van der Waals surface area contributed by atoms with E-state index in [9.17, 15) is 4.79 Å². The van der Waals surface area contributed by atoms with Gasteiger partial charge in [0.1, 0.15) is 11.5 Å². The van der Waals surface area contributed by atoms with Crippen molar-refractivity contribution < 1.29 is 14.3 Å². The van der Waals surface area contributed by atoms with Gasteiger partial charge in [-0.05, 0) is 63.7 Å². The summed E-state index contributed by atoms with van der Waals surface area (Å²) in [5.74, 6) is 2.85. The van der Waals surface area contributed by atoms with Crippen molar-refractivity contribution in [2.45, 2.75) is 37.8 Å². The maximum absolute atomic E-state index is 13.0. The van der Waals surface area contributed by atoms with Crippen LogP contribution in [0.4, 0.5) is 0 Å². The monoisotopic (exact) mass is 346 g/mol. The molecule has 5 heteroatoms. The van der Waals surface area contributed by atoms with Crippen LogP contribution >= 0.6 is 0 Å². The average molecular weight is 346 g/mol. The lowest BCUT2D eigenvalue weighted by Crippen LogP contribution is -2.36. The van der Waals surface area contributed by atoms with E-state index in [0.717, 1.165) is 24.7 Å². The third-order valence-corrected chi connectivity index (χ3v) is 6.16. The van der Waals surface area contributed by atoms with Crippen LogP contribution in [0, 0.1) is 11.8 Å². The van der Waals surface area contributed by atoms with E-state index in [1.54, 1.807) is 32.4 Å². The molecular formula is C20H30N2O3. The highest BCUT2D eigenvalue weighted by atomic mass is 16.5. The van der Waals surface area contributed by atoms with Gasteiger partial charge in [-0.2, -0.15) is 0 Å². The highest BCUT2D eigenvalue weighted by Crippen LogP contribution is 2.46. The Balaban J connectivity index is 1.68. The Morgan fingerprint density at radius 2 is 1.36 bits per heavy atom. The standard InChI is InChI=1S/C20H30N2O3/c1-21(2)16-6-13-8-17(9-14(13)7-16)22(3)20(23)15-10-18(24-4)12-19(11-15)25-5/h10-14,16-17H,6-9H2,1-5H3/t13-,14+,16?,17?. The molecule has 5 nitrogen and oxygen atoms in total. The molecule has 0 bridgehead atoms. The molecule has 2 unspecified atom stereocenters. The summed E-state index contributed by atoms with van der Waals surface area (Å²) in [5.41, 5.74) is 0.627. The number of hydrogen-bond acceptors (Lipinski definition) is 4. The lowest BCUT2D eigenvalue weighted by atomic mass is 10.0. The fourth-order valence-corrected chi connectivity index (χ4v) is 4.59. The quantitative estimate of drug-likeness (QED) is 0.822. The number of fused-ring (bicyclic) bond motifs is 1. The topological polar surface area (TPSA) is 42.0 Å². The minimum Gasteiger partial charge on any atom is -0.497 e. The van der Waals surface area contributed by atoms with Crippen molar-refractivity contribution in [2.75, 3.05) is 35.4 Å². The lowest BCUT2D eigenvalue weighted by molar-refractivity contribution is 0.0725. The summed E-state index contributed by atoms with van der Waals surface area (Å²) >= 11 is 0. The van der Waals surface area contributed by atoms with Crippen molar-refractivity contribution in [1.29, 1.82) is 0 Å². The Morgan fingerprint density at radius 1 is 0.880 bits per heavy atom. The van der Waals surface area contributed by atoms with Crippen LogP contribution in [0.15, 0.2) is 18.2 Å². The first-order valence-electron chi connectivity index (χ1n) is 9.09. The van der Waals surface area contributed by atoms with Crippen LogP contribution in [-0.2, 0) is 0 Å². The number of benzene rings is 1. The Bertz CT molecular complexity index is 595. The third kappa shape index (κ3) is 3.61. The van der Waals surface area contributed by atoms with E-state index in [-0.39, 0.29) is 5.91 Å². The number of carbonyl (C=O) groups excluding carboxylic acids is 1. The molecule has 0 aliphatic heterocycles. The molecule has 2 aliphatic rings. The molecule has 0 heterocycles. The van der Waals surface area contributed by atoms with Gasteiger partial charge in [-0.1, -0.05) is 0 Å². The molecule has 1 aromatic carbocycles. The fourth-order valence-electron chi connectivity index (χ4n) is 4.59. The average Bonchev–Trinajstić information content (AvgIpc) is 3.19. The smallest absolute Gasteiger partial charge is 0.254 e. The first-order valence-corrected chi connectivity index (χ1v) is 9.09. The third-order valence-electron chi connectivity index (χ3n) is 6.16. The SMILES string of the molecule is COc1cc(OC)cc(C(=O)N(C)C2C[C@H]3CC(N(C)C)C[C@H]3C2)c1. The molecule has 0 N–H and O–H groups in total. The molecule has 138 valence electrons. The van der Waals surface area contributed by atoms with Gasteiger partial charge in [-0.25, -0.2) is 0 Å². The van der Waals surface area contributed by atoms with Crippen molar-refractivity contribution in [1.82, 2.24) is 9.80 Å². The van der Waals surface area contributed by atoms with Gasteiger partial charge in [0.15, 0.2) is 0 Å². The molecule has 1 amide bonds. The number of carbonyl (C=O) groups is 1. The molecule has 3 rings (SSSR count). The second kappa shape index (κ2) is 7.24. The predicted molar refractivity (Wildman–Crippen MR) is 98.4 cm³/mol. The molecule has 4 atom stereocenters. The molecule has 0 spiro atoms. The zero-order chi connectivity index (χ0) is 18.1. The van der Waals surface area contributed by atoms with Crippen LogP contribution in [0.1, 0.15) is 36.0 Å². The van der Waals surface area contributed by atoms with E-state index in [1.807, 2.05) is 11.9 Å². The molecule has 0 saturated heterocycles. The van der Waals surface area contributed by atoms with E-state index >= 15 is 0 Å². The van der Waals surface area contributed by atoms with Crippen LogP contribution in [0.3, 0.4) is 0 Å². The van der Waals surface area contributed by atoms with Gasteiger partial charge in [-0.15, -0.1) is 0 Å². The minimum atomic E-state index is 0.0475. The Labute approximate surface area is 150 Å². The van der Waals surface area contributed by atoms with Crippen LogP contribution in [-0.4, -0.2) is 63.2 Å². The Morgan fingerprint density at radius 3 is 1.80 bits per heavy atom. The molecule has 2 aliphatic carbocycles. The zero-order valence-electron chi connectivity index (χ0n) is 16.0. The van der Waals surface area contributed by atoms with E-state index in [4.69, 9.17) is 9.47 Å². The highest BCUT2D eigenvalue weighted by molar-refractivity contribution is 5.95. The van der Waals surface area contributed by atoms with Crippen molar-refractivity contribution in [2.24, 2.45) is 11.8 Å². The van der Waals surface area contributed by atoms with Crippen LogP contribution in [0.2, 0.25) is 0 Å². The van der Waals surface area contributed by atoms with Crippen molar-refractivity contribution in [3.8, 4) is 11.5 Å². The maximum atomic E-state index is 13.0. The number of nitrogens with zero attached hydrogens (tertiary/aromatic N) is 2. The summed E-state index contributed by atoms with van der Waals surface area (Å²) in [6.45, 7) is 0. The van der Waals surface area contributed by atoms with Gasteiger partial charge in [0, 0.05) is 30.8 Å². The number of rotatable bonds is 5. The van der Waals surface area contributed by atoms with E-state index in [2.05, 4.69) is 19.0 Å². The molecule has 2 fully saturated rings. The van der Waals surface area contributed by atoms with E-state index in [0.29, 0.717) is 29.1 Å². The summed E-state index contributed by atoms with van der Waals surface area (Å²) in [4.78, 5) is 17.2. The van der Waals surface area contributed by atoms with Gasteiger partial charge in [0.05, 0.1) is 14.2 Å². The molecular weight excluding hydrogens is 316 g/mol. The Hall–Kier alpha value is -1.75. The largest absolute Gasteiger partial charge is 0.497 e. The summed E-state index contributed by atoms with van der Waals surface area (Å²) < 4.78 is 10.6. The van der Waals surface area contributed by atoms with Crippen LogP contribution in [0.5, 0.6) is 11.5 Å². The predicted octanol–water partition coefficient (Wildman–Crippen LogP) is 2.89. The normalized spacial score (nSPS) is 28.1. The summed E-state index contributed by atoms with van der Waals surface area (Å²) in [7, 11) is 9.49. The van der Waals surface area contributed by atoms with E-state index < -0.39 is 0 Å². The van der Waals surface area contributed by atoms with Gasteiger partial charge in [-0.3, -0.25) is 4.79 Å². The van der Waals surface area contributed by atoms with Gasteiger partial charge in [0.2, 0.25) is 0 Å². The van der Waals surface area contributed by atoms with Crippen molar-refractivity contribution in [3.63, 3.8) is 0 Å². The lowest BCUT2D eigenvalue weighted by Gasteiger charge is -2.27. The zero-order valence-corrected chi connectivity index (χ0v) is 16.0. The van der Waals surface area contributed by atoms with Gasteiger partial charge < -0.3 is 19.3 Å². The van der Waals surface area contributed by atoms with Gasteiger partial charge >= 0.3 is 0 Å². The van der Waals surface area contributed by atoms with Gasteiger partial charge in [0.25, 0.3) is 5.91 Å². The van der Waals surface area contributed by atoms with Crippen molar-refractivity contribution in [3.05, 3.63) is 23.8 Å². The van der Waals surface area contributed by atoms with Crippen LogP contribution < -0.4 is 9.47 Å². The fraction of sp³-hybridized carbons (Fsp3) is 0.650. The second-order valence-electron chi connectivity index (χ2n) is 7.75. The highest BCUT2D eigenvalue weighted by Gasteiger charge is 2.44. The van der Waals surface area contributed by atoms with Crippen LogP contribution in [0.25, 0.3) is 0 Å². The first kappa shape index (κ1) is 18.1. The molecule has 0 radical (unpaired) electrons. The molecule has 1 aromatic rings. The minimum absolute atomic E-state index is 0.0475. The maximum Gasteiger partial charge on any atom is 0.254 e. The number of ether oxygens (including phenoxy) is 2. The first-order chi connectivity index (χ1) is 11.9. The molecule has 2 saturated carbocycles. The summed E-state index contributed by atoms with van der Waals surface area (Å²) in [5, 5.41) is 0. The number of amides is 1. The van der Waals surface area contributed by atoms with E-state index in [1.165, 1.54) is 12.8 Å². The molecule has 0 aromatic heterocycles. The summed E-state index contributed by atoms with van der Waals surface area (Å²) in [6, 6.07) is 6.42. The van der Waals surface area contributed by atoms with Crippen molar-refractivity contribution >= 4 is 5.91 Å². The number of methoxy groups -OCH3 is 2. The summed E-state index contributed by atoms with van der Waals surface area (Å²) in [6.07, 6.45) is 4.78. The number of hydrogen-bond donors (Lipinski definition) is 0. The molecule has 25 heavy (non-hydrogen) atoms. The Kier molecular flexibility index (Phi) is 5.23. The second-order valence-corrected chi connectivity index (χ2v) is 7.75.